The molecule has 0 bridgehead atoms. The first-order valence-electron chi connectivity index (χ1n) is 16.4. The standard InChI is InChI=1S/C36H64N2/c1-7-8-9-10-11-12-13-14-15-16-17-18-19-20-21-30-36(38(5,6)32-25-31-37(2,3)4)35-29-24-27-33-26-22-23-28-34(33)35/h22-24,26-29,36H,7-21,25,30-32H2,1-6H3/q+2. The topological polar surface area (TPSA) is 0 Å². The first-order chi connectivity index (χ1) is 18.2. The summed E-state index contributed by atoms with van der Waals surface area (Å²) in [6.07, 6.45) is 24.0. The van der Waals surface area contributed by atoms with Crippen molar-refractivity contribution in [1.29, 1.82) is 0 Å². The third-order valence-corrected chi connectivity index (χ3v) is 8.67. The summed E-state index contributed by atoms with van der Waals surface area (Å²) in [5.74, 6) is 0. The third-order valence-electron chi connectivity index (χ3n) is 8.67. The monoisotopic (exact) mass is 525 g/mol. The Balaban J connectivity index is 1.76. The van der Waals surface area contributed by atoms with Crippen LogP contribution in [-0.2, 0) is 0 Å². The molecule has 38 heavy (non-hydrogen) atoms. The second-order valence-electron chi connectivity index (χ2n) is 13.7. The molecule has 2 rings (SSSR count). The van der Waals surface area contributed by atoms with Gasteiger partial charge in [0.2, 0.25) is 0 Å². The number of fused-ring (bicyclic) bond motifs is 1. The molecule has 0 spiro atoms. The molecule has 216 valence electrons. The van der Waals surface area contributed by atoms with Crippen molar-refractivity contribution >= 4 is 10.8 Å². The molecule has 0 saturated carbocycles. The number of unbranched alkanes of at least 4 members (excludes halogenated alkanes) is 14. The van der Waals surface area contributed by atoms with Gasteiger partial charge in [-0.25, -0.2) is 0 Å². The van der Waals surface area contributed by atoms with Crippen LogP contribution in [0.5, 0.6) is 0 Å². The highest BCUT2D eigenvalue weighted by atomic mass is 15.3. The van der Waals surface area contributed by atoms with Crippen molar-refractivity contribution < 1.29 is 8.97 Å². The number of benzene rings is 2. The Bertz CT molecular complexity index is 858. The predicted octanol–water partition coefficient (Wildman–Crippen LogP) is 10.3. The summed E-state index contributed by atoms with van der Waals surface area (Å²) in [6.45, 7) is 4.78. The number of hydrogen-bond acceptors (Lipinski definition) is 0. The van der Waals surface area contributed by atoms with Gasteiger partial charge in [0.05, 0.1) is 48.3 Å². The molecule has 2 aromatic carbocycles. The zero-order valence-electron chi connectivity index (χ0n) is 26.4. The van der Waals surface area contributed by atoms with Gasteiger partial charge in [0.15, 0.2) is 0 Å². The highest BCUT2D eigenvalue weighted by molar-refractivity contribution is 5.85. The second-order valence-corrected chi connectivity index (χ2v) is 13.7. The Morgan fingerprint density at radius 2 is 1.03 bits per heavy atom. The molecular weight excluding hydrogens is 460 g/mol. The molecule has 2 heteroatoms. The van der Waals surface area contributed by atoms with Gasteiger partial charge >= 0.3 is 0 Å². The molecule has 0 aliphatic heterocycles. The second kappa shape index (κ2) is 18.1. The summed E-state index contributed by atoms with van der Waals surface area (Å²) >= 11 is 0. The molecule has 1 unspecified atom stereocenters. The maximum Gasteiger partial charge on any atom is 0.115 e. The highest BCUT2D eigenvalue weighted by Crippen LogP contribution is 2.35. The van der Waals surface area contributed by atoms with Gasteiger partial charge in [0.1, 0.15) is 6.04 Å². The van der Waals surface area contributed by atoms with E-state index in [2.05, 4.69) is 84.6 Å². The van der Waals surface area contributed by atoms with Gasteiger partial charge in [-0.3, -0.25) is 0 Å². The average Bonchev–Trinajstić information content (AvgIpc) is 2.87. The van der Waals surface area contributed by atoms with E-state index in [4.69, 9.17) is 0 Å². The maximum atomic E-state index is 2.48. The van der Waals surface area contributed by atoms with E-state index in [1.165, 1.54) is 133 Å². The predicted molar refractivity (Wildman–Crippen MR) is 171 cm³/mol. The van der Waals surface area contributed by atoms with Gasteiger partial charge in [0.25, 0.3) is 0 Å². The summed E-state index contributed by atoms with van der Waals surface area (Å²) in [5.41, 5.74) is 1.56. The lowest BCUT2D eigenvalue weighted by Gasteiger charge is -2.40. The summed E-state index contributed by atoms with van der Waals surface area (Å²) < 4.78 is 2.14. The Morgan fingerprint density at radius 3 is 1.58 bits per heavy atom. The lowest BCUT2D eigenvalue weighted by molar-refractivity contribution is -0.927. The Labute approximate surface area is 238 Å². The Morgan fingerprint density at radius 1 is 0.526 bits per heavy atom. The summed E-state index contributed by atoms with van der Waals surface area (Å²) in [7, 11) is 11.9. The van der Waals surface area contributed by atoms with Crippen molar-refractivity contribution in [2.24, 2.45) is 0 Å². The van der Waals surface area contributed by atoms with E-state index in [1.807, 2.05) is 0 Å². The lowest BCUT2D eigenvalue weighted by atomic mass is 9.92. The van der Waals surface area contributed by atoms with Crippen molar-refractivity contribution in [3.05, 3.63) is 48.0 Å². The first-order valence-corrected chi connectivity index (χ1v) is 16.4. The van der Waals surface area contributed by atoms with Crippen molar-refractivity contribution in [3.63, 3.8) is 0 Å². The molecule has 2 nitrogen and oxygen atoms in total. The molecule has 0 aliphatic rings. The van der Waals surface area contributed by atoms with Gasteiger partial charge in [0, 0.05) is 18.4 Å². The molecule has 0 fully saturated rings. The molecule has 2 aromatic rings. The molecule has 0 N–H and O–H groups in total. The van der Waals surface area contributed by atoms with Crippen LogP contribution in [0.25, 0.3) is 10.8 Å². The van der Waals surface area contributed by atoms with Crippen LogP contribution in [0.2, 0.25) is 0 Å². The molecule has 0 radical (unpaired) electrons. The van der Waals surface area contributed by atoms with E-state index >= 15 is 0 Å². The van der Waals surface area contributed by atoms with E-state index in [0.717, 1.165) is 8.97 Å². The number of hydrogen-bond donors (Lipinski definition) is 0. The van der Waals surface area contributed by atoms with Gasteiger partial charge < -0.3 is 8.97 Å². The molecular formula is C36H64N2+2. The first kappa shape index (κ1) is 32.8. The van der Waals surface area contributed by atoms with Crippen LogP contribution in [0.4, 0.5) is 0 Å². The molecule has 0 saturated heterocycles. The summed E-state index contributed by atoms with van der Waals surface area (Å²) in [4.78, 5) is 0. The van der Waals surface area contributed by atoms with Crippen LogP contribution in [0, 0.1) is 0 Å². The Kier molecular flexibility index (Phi) is 15.6. The zero-order valence-corrected chi connectivity index (χ0v) is 26.4. The fourth-order valence-electron chi connectivity index (χ4n) is 6.24. The fourth-order valence-corrected chi connectivity index (χ4v) is 6.24. The molecule has 0 heterocycles. The average molecular weight is 525 g/mol. The number of nitrogens with zero attached hydrogens (tertiary/aromatic N) is 2. The molecule has 0 amide bonds. The van der Waals surface area contributed by atoms with Crippen LogP contribution in [0.15, 0.2) is 42.5 Å². The van der Waals surface area contributed by atoms with Crippen LogP contribution in [-0.4, -0.2) is 57.3 Å². The van der Waals surface area contributed by atoms with Crippen molar-refractivity contribution in [3.8, 4) is 0 Å². The fraction of sp³-hybridized carbons (Fsp3) is 0.722. The summed E-state index contributed by atoms with van der Waals surface area (Å²) in [5, 5.41) is 2.84. The molecule has 0 aliphatic carbocycles. The van der Waals surface area contributed by atoms with Crippen molar-refractivity contribution in [1.82, 2.24) is 0 Å². The Hall–Kier alpha value is -1.38. The van der Waals surface area contributed by atoms with E-state index in [9.17, 15) is 0 Å². The van der Waals surface area contributed by atoms with Crippen molar-refractivity contribution in [2.45, 2.75) is 122 Å². The molecule has 0 aromatic heterocycles. The quantitative estimate of drug-likeness (QED) is 0.106. The number of rotatable bonds is 22. The van der Waals surface area contributed by atoms with Gasteiger partial charge in [-0.2, -0.15) is 0 Å². The minimum Gasteiger partial charge on any atom is -0.331 e. The van der Waals surface area contributed by atoms with Crippen LogP contribution >= 0.6 is 0 Å². The highest BCUT2D eigenvalue weighted by Gasteiger charge is 2.31. The van der Waals surface area contributed by atoms with Gasteiger partial charge in [-0.05, 0) is 17.2 Å². The SMILES string of the molecule is CCCCCCCCCCCCCCCCCC(c1cccc2ccccc12)[N+](C)(C)CCC[N+](C)(C)C. The van der Waals surface area contributed by atoms with E-state index < -0.39 is 0 Å². The lowest BCUT2D eigenvalue weighted by Crippen LogP contribution is -2.46. The van der Waals surface area contributed by atoms with E-state index in [1.54, 1.807) is 5.56 Å². The van der Waals surface area contributed by atoms with Crippen LogP contribution < -0.4 is 0 Å². The minimum absolute atomic E-state index is 0.565. The van der Waals surface area contributed by atoms with Gasteiger partial charge in [-0.15, -0.1) is 0 Å². The van der Waals surface area contributed by atoms with Gasteiger partial charge in [-0.1, -0.05) is 139 Å². The minimum atomic E-state index is 0.565. The van der Waals surface area contributed by atoms with Crippen LogP contribution in [0.3, 0.4) is 0 Å². The van der Waals surface area contributed by atoms with Crippen molar-refractivity contribution in [2.75, 3.05) is 48.3 Å². The number of quaternary nitrogens is 2. The maximum absolute atomic E-state index is 2.48. The normalized spacial score (nSPS) is 13.3. The molecule has 1 atom stereocenters. The largest absolute Gasteiger partial charge is 0.331 e. The zero-order chi connectivity index (χ0) is 27.7. The smallest absolute Gasteiger partial charge is 0.115 e. The van der Waals surface area contributed by atoms with Crippen LogP contribution in [0.1, 0.15) is 128 Å². The summed E-state index contributed by atoms with van der Waals surface area (Å²) in [6, 6.07) is 16.6. The van der Waals surface area contributed by atoms with E-state index in [-0.39, 0.29) is 0 Å². The third kappa shape index (κ3) is 13.1. The van der Waals surface area contributed by atoms with E-state index in [0.29, 0.717) is 6.04 Å².